The van der Waals surface area contributed by atoms with E-state index in [0.717, 1.165) is 0 Å². The third kappa shape index (κ3) is 1.98. The van der Waals surface area contributed by atoms with Crippen LogP contribution in [0.4, 0.5) is 24.9 Å². The summed E-state index contributed by atoms with van der Waals surface area (Å²) in [6.07, 6.45) is -3.80. The number of nitrogens with one attached hydrogen (secondary N) is 1. The van der Waals surface area contributed by atoms with Gasteiger partial charge in [-0.25, -0.2) is 9.98 Å². The Hall–Kier alpha value is -1.66. The molecule has 0 aliphatic rings. The van der Waals surface area contributed by atoms with Gasteiger partial charge in [0.1, 0.15) is 11.4 Å². The Bertz CT molecular complexity index is 347. The molecular formula is C7H7F3N4. The first kappa shape index (κ1) is 10.4. The van der Waals surface area contributed by atoms with Crippen molar-refractivity contribution < 1.29 is 13.2 Å². The lowest BCUT2D eigenvalue weighted by atomic mass is 10.3. The monoisotopic (exact) mass is 204 g/mol. The van der Waals surface area contributed by atoms with Crippen LogP contribution in [0.15, 0.2) is 11.2 Å². The number of nitrogens with zero attached hydrogens (tertiary/aromatic N) is 3. The Morgan fingerprint density at radius 2 is 2.14 bits per heavy atom. The number of rotatable bonds is 2. The van der Waals surface area contributed by atoms with Crippen LogP contribution in [0.2, 0.25) is 0 Å². The van der Waals surface area contributed by atoms with Crippen LogP contribution in [0.5, 0.6) is 0 Å². The van der Waals surface area contributed by atoms with Crippen molar-refractivity contribution in [2.24, 2.45) is 4.99 Å². The molecule has 1 N–H and O–H groups in total. The summed E-state index contributed by atoms with van der Waals surface area (Å²) >= 11 is 0. The third-order valence-corrected chi connectivity index (χ3v) is 1.46. The van der Waals surface area contributed by atoms with Crippen molar-refractivity contribution in [3.05, 3.63) is 11.8 Å². The third-order valence-electron chi connectivity index (χ3n) is 1.46. The molecule has 0 fully saturated rings. The lowest BCUT2D eigenvalue weighted by Gasteiger charge is -2.10. The Morgan fingerprint density at radius 1 is 1.50 bits per heavy atom. The number of hydrogen-bond acceptors (Lipinski definition) is 4. The summed E-state index contributed by atoms with van der Waals surface area (Å²) in [5.74, 6) is -0.405. The maximum absolute atomic E-state index is 12.3. The van der Waals surface area contributed by atoms with Gasteiger partial charge in [0.25, 0.3) is 5.95 Å². The standard InChI is InChI=1S/C7H7F3N4/c1-11-5-4(7(8,9)10)3-13-6(12-2)14-5/h3H,2H2,1H3,(H,11,13,14). The average molecular weight is 204 g/mol. The highest BCUT2D eigenvalue weighted by Crippen LogP contribution is 2.33. The molecule has 1 heterocycles. The van der Waals surface area contributed by atoms with Crippen molar-refractivity contribution in [3.8, 4) is 0 Å². The summed E-state index contributed by atoms with van der Waals surface area (Å²) in [7, 11) is 1.34. The smallest absolute Gasteiger partial charge is 0.372 e. The molecule has 14 heavy (non-hydrogen) atoms. The maximum atomic E-state index is 12.3. The fraction of sp³-hybridized carbons (Fsp3) is 0.286. The minimum Gasteiger partial charge on any atom is -0.372 e. The van der Waals surface area contributed by atoms with Crippen LogP contribution in [0.3, 0.4) is 0 Å². The molecule has 1 rings (SSSR count). The number of hydrogen-bond donors (Lipinski definition) is 1. The molecule has 7 heteroatoms. The van der Waals surface area contributed by atoms with Crippen molar-refractivity contribution in [2.75, 3.05) is 12.4 Å². The molecule has 76 valence electrons. The molecule has 0 radical (unpaired) electrons. The van der Waals surface area contributed by atoms with Crippen molar-refractivity contribution in [3.63, 3.8) is 0 Å². The van der Waals surface area contributed by atoms with Crippen LogP contribution in [0, 0.1) is 0 Å². The Kier molecular flexibility index (Phi) is 2.68. The highest BCUT2D eigenvalue weighted by atomic mass is 19.4. The quantitative estimate of drug-likeness (QED) is 0.748. The van der Waals surface area contributed by atoms with E-state index < -0.39 is 11.7 Å². The Labute approximate surface area is 77.9 Å². The van der Waals surface area contributed by atoms with E-state index in [1.165, 1.54) is 7.05 Å². The van der Waals surface area contributed by atoms with Gasteiger partial charge in [-0.1, -0.05) is 0 Å². The van der Waals surface area contributed by atoms with Crippen molar-refractivity contribution >= 4 is 18.5 Å². The molecule has 0 spiro atoms. The fourth-order valence-corrected chi connectivity index (χ4v) is 0.847. The SMILES string of the molecule is C=Nc1ncc(C(F)(F)F)c(NC)n1. The number of anilines is 1. The number of aliphatic imine (C=N–C) groups is 1. The molecule has 1 aromatic heterocycles. The van der Waals surface area contributed by atoms with Gasteiger partial charge in [0.15, 0.2) is 0 Å². The van der Waals surface area contributed by atoms with Gasteiger partial charge in [0.2, 0.25) is 0 Å². The van der Waals surface area contributed by atoms with Gasteiger partial charge < -0.3 is 5.32 Å². The molecular weight excluding hydrogens is 197 g/mol. The first-order chi connectivity index (χ1) is 6.49. The molecule has 0 unspecified atom stereocenters. The summed E-state index contributed by atoms with van der Waals surface area (Å²) in [4.78, 5) is 10.2. The molecule has 0 atom stereocenters. The minimum atomic E-state index is -4.47. The van der Waals surface area contributed by atoms with E-state index in [0.29, 0.717) is 6.20 Å². The van der Waals surface area contributed by atoms with Crippen LogP contribution in [-0.2, 0) is 6.18 Å². The predicted octanol–water partition coefficient (Wildman–Crippen LogP) is 1.87. The molecule has 4 nitrogen and oxygen atoms in total. The summed E-state index contributed by atoms with van der Waals surface area (Å²) in [5, 5.41) is 2.32. The topological polar surface area (TPSA) is 50.2 Å². The van der Waals surface area contributed by atoms with E-state index in [1.807, 2.05) is 0 Å². The van der Waals surface area contributed by atoms with Gasteiger partial charge in [-0.2, -0.15) is 18.2 Å². The van der Waals surface area contributed by atoms with E-state index in [2.05, 4.69) is 27.0 Å². The van der Waals surface area contributed by atoms with Crippen molar-refractivity contribution in [1.29, 1.82) is 0 Å². The zero-order valence-electron chi connectivity index (χ0n) is 7.26. The molecule has 0 bridgehead atoms. The number of alkyl halides is 3. The molecule has 0 aliphatic heterocycles. The van der Waals surface area contributed by atoms with Crippen molar-refractivity contribution in [1.82, 2.24) is 9.97 Å². The van der Waals surface area contributed by atoms with Crippen LogP contribution in [0.1, 0.15) is 5.56 Å². The summed E-state index contributed by atoms with van der Waals surface area (Å²) in [5.41, 5.74) is -0.924. The highest BCUT2D eigenvalue weighted by molar-refractivity contribution is 5.48. The molecule has 0 aromatic carbocycles. The Balaban J connectivity index is 3.25. The molecule has 1 aromatic rings. The summed E-state index contributed by atoms with van der Waals surface area (Å²) in [6, 6.07) is 0. The van der Waals surface area contributed by atoms with Crippen LogP contribution < -0.4 is 5.32 Å². The van der Waals surface area contributed by atoms with Crippen LogP contribution in [0.25, 0.3) is 0 Å². The number of halogens is 3. The first-order valence-electron chi connectivity index (χ1n) is 3.57. The normalized spacial score (nSPS) is 11.1. The zero-order chi connectivity index (χ0) is 10.8. The van der Waals surface area contributed by atoms with Gasteiger partial charge >= 0.3 is 6.18 Å². The van der Waals surface area contributed by atoms with Gasteiger partial charge in [-0.3, -0.25) is 0 Å². The van der Waals surface area contributed by atoms with Gasteiger partial charge in [-0.05, 0) is 6.72 Å². The molecule has 0 saturated heterocycles. The fourth-order valence-electron chi connectivity index (χ4n) is 0.847. The average Bonchev–Trinajstić information content (AvgIpc) is 2.15. The van der Waals surface area contributed by atoms with Crippen LogP contribution >= 0.6 is 0 Å². The van der Waals surface area contributed by atoms with E-state index >= 15 is 0 Å². The lowest BCUT2D eigenvalue weighted by Crippen LogP contribution is -2.11. The van der Waals surface area contributed by atoms with Gasteiger partial charge in [0.05, 0.1) is 0 Å². The highest BCUT2D eigenvalue weighted by Gasteiger charge is 2.34. The largest absolute Gasteiger partial charge is 0.421 e. The van der Waals surface area contributed by atoms with Crippen molar-refractivity contribution in [2.45, 2.75) is 6.18 Å². The van der Waals surface area contributed by atoms with Gasteiger partial charge in [0, 0.05) is 13.2 Å². The summed E-state index contributed by atoms with van der Waals surface area (Å²) < 4.78 is 36.9. The predicted molar refractivity (Wildman–Crippen MR) is 45.8 cm³/mol. The van der Waals surface area contributed by atoms with E-state index in [-0.39, 0.29) is 11.8 Å². The van der Waals surface area contributed by atoms with E-state index in [4.69, 9.17) is 0 Å². The van der Waals surface area contributed by atoms with Gasteiger partial charge in [-0.15, -0.1) is 0 Å². The molecule has 0 aliphatic carbocycles. The lowest BCUT2D eigenvalue weighted by molar-refractivity contribution is -0.137. The minimum absolute atomic E-state index is 0.0950. The number of aromatic nitrogens is 2. The second-order valence-electron chi connectivity index (χ2n) is 2.34. The van der Waals surface area contributed by atoms with E-state index in [9.17, 15) is 13.2 Å². The maximum Gasteiger partial charge on any atom is 0.421 e. The molecule has 0 amide bonds. The Morgan fingerprint density at radius 3 is 2.57 bits per heavy atom. The second kappa shape index (κ2) is 3.60. The summed E-state index contributed by atoms with van der Waals surface area (Å²) in [6.45, 7) is 3.11. The van der Waals surface area contributed by atoms with E-state index in [1.54, 1.807) is 0 Å². The zero-order valence-corrected chi connectivity index (χ0v) is 7.26. The molecule has 0 saturated carbocycles. The second-order valence-corrected chi connectivity index (χ2v) is 2.34. The van der Waals surface area contributed by atoms with Crippen LogP contribution in [-0.4, -0.2) is 23.7 Å². The first-order valence-corrected chi connectivity index (χ1v) is 3.57.